The zero-order valence-electron chi connectivity index (χ0n) is 27.6. The van der Waals surface area contributed by atoms with Gasteiger partial charge >= 0.3 is 0 Å². The highest BCUT2D eigenvalue weighted by Gasteiger charge is 2.26. The van der Waals surface area contributed by atoms with Gasteiger partial charge in [-0.25, -0.2) is 0 Å². The number of aromatic amines is 1. The van der Waals surface area contributed by atoms with Crippen molar-refractivity contribution < 1.29 is 14.4 Å². The van der Waals surface area contributed by atoms with E-state index in [1.165, 1.54) is 5.56 Å². The zero-order valence-corrected chi connectivity index (χ0v) is 27.6. The van der Waals surface area contributed by atoms with Crippen LogP contribution in [0.2, 0.25) is 0 Å². The van der Waals surface area contributed by atoms with Crippen LogP contribution >= 0.6 is 0 Å². The van der Waals surface area contributed by atoms with Crippen LogP contribution in [0.1, 0.15) is 38.4 Å². The second kappa shape index (κ2) is 13.9. The van der Waals surface area contributed by atoms with Crippen LogP contribution in [0.5, 0.6) is 0 Å². The molecule has 8 nitrogen and oxygen atoms in total. The Hall–Kier alpha value is -5.73. The Kier molecular flexibility index (Phi) is 9.36. The summed E-state index contributed by atoms with van der Waals surface area (Å²) in [5.74, 6) is -0.166. The first-order valence-electron chi connectivity index (χ1n) is 16.0. The Balaban J connectivity index is 0.000000208. The SMILES string of the molecule is Cc1[nH]c(C=C2C(=O)Nc3cc(-c4ccccc4)ccc32)c(C)c1C(=O)NCCN(C)C.O=C1Cc2ccc(-c3ccccc3)cc2N1. The molecule has 1 aromatic heterocycles. The Morgan fingerprint density at radius 2 is 1.42 bits per heavy atom. The number of benzene rings is 4. The Morgan fingerprint density at radius 1 is 0.792 bits per heavy atom. The van der Waals surface area contributed by atoms with Crippen LogP contribution in [-0.4, -0.2) is 54.8 Å². The summed E-state index contributed by atoms with van der Waals surface area (Å²) in [6.07, 6.45) is 2.34. The van der Waals surface area contributed by atoms with Crippen molar-refractivity contribution in [2.45, 2.75) is 20.3 Å². The lowest BCUT2D eigenvalue weighted by Gasteiger charge is -2.10. The minimum atomic E-state index is -0.145. The average Bonchev–Trinajstić information content (AvgIpc) is 3.71. The summed E-state index contributed by atoms with van der Waals surface area (Å²) in [6.45, 7) is 5.13. The van der Waals surface area contributed by atoms with Crippen molar-refractivity contribution in [3.05, 3.63) is 131 Å². The Labute approximate surface area is 280 Å². The van der Waals surface area contributed by atoms with E-state index in [0.717, 1.165) is 62.7 Å². The molecular formula is C40H39N5O3. The van der Waals surface area contributed by atoms with Gasteiger partial charge in [-0.3, -0.25) is 14.4 Å². The molecule has 7 rings (SSSR count). The summed E-state index contributed by atoms with van der Waals surface area (Å²) in [5, 5.41) is 8.81. The average molecular weight is 638 g/mol. The molecule has 242 valence electrons. The highest BCUT2D eigenvalue weighted by Crippen LogP contribution is 2.37. The van der Waals surface area contributed by atoms with Gasteiger partial charge in [-0.1, -0.05) is 84.9 Å². The van der Waals surface area contributed by atoms with Crippen molar-refractivity contribution in [3.8, 4) is 22.3 Å². The first-order chi connectivity index (χ1) is 23.2. The molecule has 8 heteroatoms. The van der Waals surface area contributed by atoms with E-state index in [1.54, 1.807) is 0 Å². The molecule has 0 fully saturated rings. The van der Waals surface area contributed by atoms with Gasteiger partial charge in [-0.2, -0.15) is 0 Å². The smallest absolute Gasteiger partial charge is 0.256 e. The first kappa shape index (κ1) is 32.2. The number of aryl methyl sites for hydroxylation is 1. The van der Waals surface area contributed by atoms with Crippen molar-refractivity contribution in [1.29, 1.82) is 0 Å². The molecule has 4 aromatic carbocycles. The van der Waals surface area contributed by atoms with E-state index in [-0.39, 0.29) is 17.7 Å². The number of hydrogen-bond donors (Lipinski definition) is 4. The Bertz CT molecular complexity index is 2030. The lowest BCUT2D eigenvalue weighted by atomic mass is 9.99. The fraction of sp³-hybridized carbons (Fsp3) is 0.175. The normalized spacial score (nSPS) is 13.8. The number of nitrogens with one attached hydrogen (secondary N) is 4. The maximum atomic E-state index is 12.7. The van der Waals surface area contributed by atoms with Crippen LogP contribution in [-0.2, 0) is 16.0 Å². The zero-order chi connectivity index (χ0) is 33.8. The number of aromatic nitrogens is 1. The molecule has 0 spiro atoms. The second-order valence-electron chi connectivity index (χ2n) is 12.3. The number of anilines is 2. The predicted molar refractivity (Wildman–Crippen MR) is 194 cm³/mol. The lowest BCUT2D eigenvalue weighted by Crippen LogP contribution is -2.31. The first-order valence-corrected chi connectivity index (χ1v) is 16.0. The molecule has 5 aromatic rings. The third-order valence-electron chi connectivity index (χ3n) is 8.59. The van der Waals surface area contributed by atoms with Crippen molar-refractivity contribution in [3.63, 3.8) is 0 Å². The lowest BCUT2D eigenvalue weighted by molar-refractivity contribution is -0.115. The summed E-state index contributed by atoms with van der Waals surface area (Å²) in [6, 6.07) is 32.4. The van der Waals surface area contributed by atoms with Gasteiger partial charge in [-0.05, 0) is 79.5 Å². The maximum Gasteiger partial charge on any atom is 0.256 e. The molecule has 0 radical (unpaired) electrons. The number of H-pyrrole nitrogens is 1. The molecule has 48 heavy (non-hydrogen) atoms. The molecule has 3 amide bonds. The van der Waals surface area contributed by atoms with Gasteiger partial charge in [0.15, 0.2) is 0 Å². The molecule has 2 aliphatic rings. The topological polar surface area (TPSA) is 106 Å². The van der Waals surface area contributed by atoms with Crippen molar-refractivity contribution in [1.82, 2.24) is 15.2 Å². The summed E-state index contributed by atoms with van der Waals surface area (Å²) in [7, 11) is 3.94. The van der Waals surface area contributed by atoms with Gasteiger partial charge in [0.05, 0.1) is 17.6 Å². The van der Waals surface area contributed by atoms with E-state index in [4.69, 9.17) is 0 Å². The number of fused-ring (bicyclic) bond motifs is 2. The third-order valence-corrected chi connectivity index (χ3v) is 8.59. The molecule has 0 saturated carbocycles. The van der Waals surface area contributed by atoms with E-state index in [1.807, 2.05) is 118 Å². The number of amides is 3. The second-order valence-corrected chi connectivity index (χ2v) is 12.3. The summed E-state index contributed by atoms with van der Waals surface area (Å²) in [4.78, 5) is 42.0. The van der Waals surface area contributed by atoms with Crippen LogP contribution in [0.4, 0.5) is 11.4 Å². The summed E-state index contributed by atoms with van der Waals surface area (Å²) < 4.78 is 0. The van der Waals surface area contributed by atoms with Crippen LogP contribution in [0.15, 0.2) is 97.1 Å². The van der Waals surface area contributed by atoms with E-state index in [2.05, 4.69) is 39.1 Å². The van der Waals surface area contributed by atoms with E-state index in [9.17, 15) is 14.4 Å². The van der Waals surface area contributed by atoms with Gasteiger partial charge in [-0.15, -0.1) is 0 Å². The number of carbonyl (C=O) groups excluding carboxylic acids is 3. The molecule has 0 atom stereocenters. The molecule has 0 unspecified atom stereocenters. The van der Waals surface area contributed by atoms with Gasteiger partial charge in [0.25, 0.3) is 11.8 Å². The van der Waals surface area contributed by atoms with Crippen LogP contribution in [0, 0.1) is 13.8 Å². The molecule has 0 aliphatic carbocycles. The standard InChI is InChI=1S/C26H28N4O2.C14H11NO/c1-16-22(28-17(2)24(16)26(32)27-12-13-30(3)4)15-21-20-11-10-19(14-23(20)29-25(21)31)18-8-6-5-7-9-18;16-14-9-12-7-6-11(8-13(12)15-14)10-4-2-1-3-5-10/h5-11,14-15,28H,12-13H2,1-4H3,(H,27,32)(H,29,31);1-8H,9H2,(H,15,16). The van der Waals surface area contributed by atoms with E-state index < -0.39 is 0 Å². The quantitative estimate of drug-likeness (QED) is 0.145. The van der Waals surface area contributed by atoms with Crippen LogP contribution in [0.25, 0.3) is 33.9 Å². The van der Waals surface area contributed by atoms with Gasteiger partial charge < -0.3 is 25.8 Å². The molecule has 3 heterocycles. The fourth-order valence-electron chi connectivity index (χ4n) is 6.06. The van der Waals surface area contributed by atoms with Gasteiger partial charge in [0.1, 0.15) is 0 Å². The number of hydrogen-bond acceptors (Lipinski definition) is 4. The highest BCUT2D eigenvalue weighted by atomic mass is 16.2. The van der Waals surface area contributed by atoms with Gasteiger partial charge in [0, 0.05) is 41.4 Å². The van der Waals surface area contributed by atoms with E-state index in [0.29, 0.717) is 24.1 Å². The van der Waals surface area contributed by atoms with Gasteiger partial charge in [0.2, 0.25) is 5.91 Å². The Morgan fingerprint density at radius 3 is 2.06 bits per heavy atom. The minimum absolute atomic E-state index is 0.0835. The summed E-state index contributed by atoms with van der Waals surface area (Å²) in [5.41, 5.74) is 11.8. The monoisotopic (exact) mass is 637 g/mol. The molecule has 0 bridgehead atoms. The van der Waals surface area contributed by atoms with Crippen molar-refractivity contribution in [2.24, 2.45) is 0 Å². The highest BCUT2D eigenvalue weighted by molar-refractivity contribution is 6.35. The third kappa shape index (κ3) is 6.99. The van der Waals surface area contributed by atoms with Crippen LogP contribution < -0.4 is 16.0 Å². The van der Waals surface area contributed by atoms with Crippen molar-refractivity contribution >= 4 is 40.7 Å². The number of rotatable bonds is 7. The number of carbonyl (C=O) groups is 3. The molecular weight excluding hydrogens is 598 g/mol. The molecule has 0 saturated heterocycles. The largest absolute Gasteiger partial charge is 0.358 e. The van der Waals surface area contributed by atoms with Crippen molar-refractivity contribution in [2.75, 3.05) is 37.8 Å². The van der Waals surface area contributed by atoms with Crippen LogP contribution in [0.3, 0.4) is 0 Å². The fourth-order valence-corrected chi connectivity index (χ4v) is 6.06. The molecule has 2 aliphatic heterocycles. The number of likely N-dealkylation sites (N-methyl/N-ethyl adjacent to an activating group) is 1. The predicted octanol–water partition coefficient (Wildman–Crippen LogP) is 6.93. The maximum absolute atomic E-state index is 12.7. The molecule has 4 N–H and O–H groups in total. The minimum Gasteiger partial charge on any atom is -0.358 e. The van der Waals surface area contributed by atoms with E-state index >= 15 is 0 Å². The summed E-state index contributed by atoms with van der Waals surface area (Å²) >= 11 is 0. The number of nitrogens with zero attached hydrogens (tertiary/aromatic N) is 1.